The minimum absolute atomic E-state index is 0.295. The fraction of sp³-hybridized carbons (Fsp3) is 1.00. The smallest absolute Gasteiger partial charge is 0.150 e. The first-order valence-corrected chi connectivity index (χ1v) is 5.25. The molecule has 0 N–H and O–H groups in total. The van der Waals surface area contributed by atoms with Crippen LogP contribution < -0.4 is 0 Å². The first-order chi connectivity index (χ1) is 4.64. The summed E-state index contributed by atoms with van der Waals surface area (Å²) in [4.78, 5) is 0. The summed E-state index contributed by atoms with van der Waals surface area (Å²) in [7, 11) is -0.933. The molecule has 0 amide bonds. The molecule has 0 radical (unpaired) electrons. The molecule has 60 valence electrons. The molecule has 1 aliphatic rings. The monoisotopic (exact) mass is 162 g/mol. The van der Waals surface area contributed by atoms with E-state index in [-0.39, 0.29) is 0 Å². The lowest BCUT2D eigenvalue weighted by molar-refractivity contribution is 0.564. The molecular weight excluding hydrogens is 150 g/mol. The highest BCUT2D eigenvalue weighted by atomic mass is 32.2. The van der Waals surface area contributed by atoms with Crippen molar-refractivity contribution in [3.63, 3.8) is 0 Å². The molecule has 1 rings (SSSR count). The van der Waals surface area contributed by atoms with E-state index < -0.39 is 9.84 Å². The number of sulfone groups is 1. The van der Waals surface area contributed by atoms with E-state index >= 15 is 0 Å². The molecule has 1 saturated heterocycles. The highest BCUT2D eigenvalue weighted by molar-refractivity contribution is 7.91. The fourth-order valence-electron chi connectivity index (χ4n) is 1.14. The Kier molecular flexibility index (Phi) is 2.31. The quantitative estimate of drug-likeness (QED) is 0.566. The molecule has 10 heavy (non-hydrogen) atoms. The van der Waals surface area contributed by atoms with E-state index in [0.717, 1.165) is 12.8 Å². The van der Waals surface area contributed by atoms with Gasteiger partial charge in [0, 0.05) is 11.5 Å². The van der Waals surface area contributed by atoms with Gasteiger partial charge in [-0.25, -0.2) is 8.42 Å². The molecule has 1 fully saturated rings. The molecular formula is C6H12NO2S-. The van der Waals surface area contributed by atoms with Crippen LogP contribution in [-0.2, 0) is 9.84 Å². The molecule has 0 aromatic rings. The summed E-state index contributed by atoms with van der Waals surface area (Å²) in [6.07, 6.45) is 1.44. The summed E-state index contributed by atoms with van der Waals surface area (Å²) in [5.74, 6) is 0.657. The molecule has 1 aliphatic heterocycles. The number of nitrogens with zero attached hydrogens (tertiary/aromatic N) is 1. The Bertz CT molecular complexity index is 184. The second-order valence-corrected chi connectivity index (χ2v) is 4.94. The van der Waals surface area contributed by atoms with Gasteiger partial charge in [0.2, 0.25) is 0 Å². The van der Waals surface area contributed by atoms with Gasteiger partial charge in [0.15, 0.2) is 0 Å². The third kappa shape index (κ3) is 1.95. The summed E-state index contributed by atoms with van der Waals surface area (Å²) >= 11 is 0. The topological polar surface area (TPSA) is 48.2 Å². The second kappa shape index (κ2) is 2.88. The molecule has 1 heterocycles. The SMILES string of the molecule is C[N-]C1CCS(=O)(=O)CC1. The van der Waals surface area contributed by atoms with Crippen LogP contribution in [0.3, 0.4) is 0 Å². The van der Waals surface area contributed by atoms with E-state index in [2.05, 4.69) is 5.32 Å². The summed E-state index contributed by atoms with van der Waals surface area (Å²) in [5.41, 5.74) is 0. The zero-order valence-corrected chi connectivity index (χ0v) is 6.89. The average molecular weight is 162 g/mol. The minimum atomic E-state index is -2.69. The summed E-state index contributed by atoms with van der Waals surface area (Å²) in [6.45, 7) is 0. The normalized spacial score (nSPS) is 26.5. The Labute approximate surface area is 61.7 Å². The van der Waals surface area contributed by atoms with Gasteiger partial charge >= 0.3 is 0 Å². The van der Waals surface area contributed by atoms with Crippen LogP contribution in [0.4, 0.5) is 0 Å². The van der Waals surface area contributed by atoms with Gasteiger partial charge in [0.1, 0.15) is 9.84 Å². The van der Waals surface area contributed by atoms with Crippen molar-refractivity contribution in [3.05, 3.63) is 5.32 Å². The minimum Gasteiger partial charge on any atom is -0.662 e. The first kappa shape index (κ1) is 8.01. The van der Waals surface area contributed by atoms with Crippen molar-refractivity contribution in [1.82, 2.24) is 0 Å². The number of hydrogen-bond acceptors (Lipinski definition) is 2. The zero-order chi connectivity index (χ0) is 7.61. The summed E-state index contributed by atoms with van der Waals surface area (Å²) in [5, 5.41) is 4.05. The molecule has 0 unspecified atom stereocenters. The Morgan fingerprint density at radius 3 is 2.20 bits per heavy atom. The van der Waals surface area contributed by atoms with Crippen LogP contribution in [-0.4, -0.2) is 33.0 Å². The van der Waals surface area contributed by atoms with Crippen LogP contribution in [0.2, 0.25) is 0 Å². The van der Waals surface area contributed by atoms with Gasteiger partial charge in [-0.05, 0) is 0 Å². The largest absolute Gasteiger partial charge is 0.662 e. The molecule has 3 nitrogen and oxygen atoms in total. The Hall–Kier alpha value is -0.0900. The van der Waals surface area contributed by atoms with E-state index in [4.69, 9.17) is 0 Å². The van der Waals surface area contributed by atoms with Crippen molar-refractivity contribution in [2.24, 2.45) is 0 Å². The second-order valence-electron chi connectivity index (χ2n) is 2.64. The van der Waals surface area contributed by atoms with Gasteiger partial charge in [-0.3, -0.25) is 0 Å². The van der Waals surface area contributed by atoms with Crippen molar-refractivity contribution in [1.29, 1.82) is 0 Å². The lowest BCUT2D eigenvalue weighted by Crippen LogP contribution is -2.25. The molecule has 0 saturated carbocycles. The molecule has 0 bridgehead atoms. The molecule has 4 heteroatoms. The van der Waals surface area contributed by atoms with Crippen LogP contribution in [0.25, 0.3) is 5.32 Å². The highest BCUT2D eigenvalue weighted by Gasteiger charge is 2.17. The average Bonchev–Trinajstić information content (AvgIpc) is 1.88. The van der Waals surface area contributed by atoms with Crippen LogP contribution >= 0.6 is 0 Å². The molecule has 0 aliphatic carbocycles. The molecule has 0 aromatic carbocycles. The van der Waals surface area contributed by atoms with E-state index in [1.54, 1.807) is 7.05 Å². The maximum atomic E-state index is 10.9. The van der Waals surface area contributed by atoms with Crippen LogP contribution in [0.15, 0.2) is 0 Å². The standard InChI is InChI=1S/C6H12NO2S/c1-7-6-2-4-10(8,9)5-3-6/h6H,2-5H2,1H3/q-1. The summed E-state index contributed by atoms with van der Waals surface area (Å²) < 4.78 is 21.7. The predicted molar refractivity (Wildman–Crippen MR) is 41.0 cm³/mol. The Morgan fingerprint density at radius 1 is 1.30 bits per heavy atom. The van der Waals surface area contributed by atoms with E-state index in [1.165, 1.54) is 0 Å². The Balaban J connectivity index is 2.46. The third-order valence-electron chi connectivity index (χ3n) is 1.89. The molecule has 0 atom stereocenters. The third-order valence-corrected chi connectivity index (χ3v) is 3.60. The highest BCUT2D eigenvalue weighted by Crippen LogP contribution is 2.16. The van der Waals surface area contributed by atoms with Gasteiger partial charge in [-0.2, -0.15) is 7.05 Å². The van der Waals surface area contributed by atoms with Gasteiger partial charge in [0.25, 0.3) is 0 Å². The van der Waals surface area contributed by atoms with Gasteiger partial charge in [-0.15, -0.1) is 6.04 Å². The number of rotatable bonds is 1. The Morgan fingerprint density at radius 2 is 1.80 bits per heavy atom. The number of hydrogen-bond donors (Lipinski definition) is 0. The van der Waals surface area contributed by atoms with Crippen molar-refractivity contribution >= 4 is 9.84 Å². The van der Waals surface area contributed by atoms with E-state index in [1.807, 2.05) is 0 Å². The van der Waals surface area contributed by atoms with Crippen LogP contribution in [0.5, 0.6) is 0 Å². The lowest BCUT2D eigenvalue weighted by Gasteiger charge is -2.31. The maximum absolute atomic E-state index is 10.9. The van der Waals surface area contributed by atoms with Crippen molar-refractivity contribution in [3.8, 4) is 0 Å². The fourth-order valence-corrected chi connectivity index (χ4v) is 2.60. The first-order valence-electron chi connectivity index (χ1n) is 3.43. The maximum Gasteiger partial charge on any atom is 0.150 e. The van der Waals surface area contributed by atoms with Gasteiger partial charge < -0.3 is 5.32 Å². The van der Waals surface area contributed by atoms with Gasteiger partial charge in [-0.1, -0.05) is 12.8 Å². The predicted octanol–water partition coefficient (Wildman–Crippen LogP) is 0.567. The summed E-state index contributed by atoms with van der Waals surface area (Å²) in [6, 6.07) is 0.295. The van der Waals surface area contributed by atoms with Crippen LogP contribution in [0.1, 0.15) is 12.8 Å². The molecule has 0 aromatic heterocycles. The van der Waals surface area contributed by atoms with Crippen molar-refractivity contribution < 1.29 is 8.42 Å². The van der Waals surface area contributed by atoms with Crippen molar-refractivity contribution in [2.45, 2.75) is 18.9 Å². The van der Waals surface area contributed by atoms with Crippen LogP contribution in [0, 0.1) is 0 Å². The lowest BCUT2D eigenvalue weighted by atomic mass is 10.2. The van der Waals surface area contributed by atoms with Crippen molar-refractivity contribution in [2.75, 3.05) is 18.6 Å². The van der Waals surface area contributed by atoms with Gasteiger partial charge in [0.05, 0.1) is 0 Å². The zero-order valence-electron chi connectivity index (χ0n) is 6.08. The van der Waals surface area contributed by atoms with E-state index in [9.17, 15) is 8.42 Å². The van der Waals surface area contributed by atoms with E-state index in [0.29, 0.717) is 17.5 Å². The molecule has 0 spiro atoms.